The molecule has 0 aliphatic carbocycles. The van der Waals surface area contributed by atoms with Crippen LogP contribution in [0.2, 0.25) is 0 Å². The Morgan fingerprint density at radius 3 is 2.60 bits per heavy atom. The van der Waals surface area contributed by atoms with E-state index in [0.29, 0.717) is 12.1 Å². The van der Waals surface area contributed by atoms with Gasteiger partial charge in [-0.15, -0.1) is 0 Å². The Hall–Kier alpha value is -2.36. The van der Waals surface area contributed by atoms with Gasteiger partial charge in [-0.25, -0.2) is 4.98 Å². The second kappa shape index (κ2) is 6.70. The van der Waals surface area contributed by atoms with E-state index in [-0.39, 0.29) is 5.91 Å². The highest BCUT2D eigenvalue weighted by molar-refractivity contribution is 5.90. The number of hydrogen-bond acceptors (Lipinski definition) is 3. The number of carbonyl (C=O) groups excluding carboxylic acids is 1. The number of aromatic nitrogens is 1. The van der Waals surface area contributed by atoms with Crippen molar-refractivity contribution in [2.45, 2.75) is 26.7 Å². The first-order valence-corrected chi connectivity index (χ1v) is 6.83. The lowest BCUT2D eigenvalue weighted by molar-refractivity contribution is -0.115. The van der Waals surface area contributed by atoms with Crippen LogP contribution in [0.5, 0.6) is 0 Å². The zero-order valence-electron chi connectivity index (χ0n) is 11.8. The molecule has 0 saturated heterocycles. The van der Waals surface area contributed by atoms with Crippen LogP contribution in [0.3, 0.4) is 0 Å². The molecule has 0 atom stereocenters. The molecule has 0 unspecified atom stereocenters. The molecule has 2 aromatic rings. The van der Waals surface area contributed by atoms with Gasteiger partial charge >= 0.3 is 0 Å². The number of hydrogen-bond donors (Lipinski definition) is 2. The summed E-state index contributed by atoms with van der Waals surface area (Å²) in [6, 6.07) is 11.9. The van der Waals surface area contributed by atoms with Crippen molar-refractivity contribution in [3.05, 3.63) is 48.2 Å². The Bertz CT molecular complexity index is 579. The van der Waals surface area contributed by atoms with Crippen molar-refractivity contribution >= 4 is 23.1 Å². The predicted molar refractivity (Wildman–Crippen MR) is 82.3 cm³/mol. The first kappa shape index (κ1) is 14.1. The fourth-order valence-corrected chi connectivity index (χ4v) is 1.88. The number of carbonyl (C=O) groups is 1. The van der Waals surface area contributed by atoms with Gasteiger partial charge in [-0.1, -0.05) is 32.0 Å². The number of anilines is 3. The van der Waals surface area contributed by atoms with Gasteiger partial charge in [0.25, 0.3) is 0 Å². The SMILES string of the molecule is CCC(=O)Nc1ccc(Nc2ccccc2CC)nc1. The second-order valence-corrected chi connectivity index (χ2v) is 4.47. The van der Waals surface area contributed by atoms with Crippen molar-refractivity contribution in [2.75, 3.05) is 10.6 Å². The van der Waals surface area contributed by atoms with Crippen LogP contribution in [0.15, 0.2) is 42.6 Å². The van der Waals surface area contributed by atoms with Crippen molar-refractivity contribution in [1.29, 1.82) is 0 Å². The average Bonchev–Trinajstić information content (AvgIpc) is 2.49. The van der Waals surface area contributed by atoms with Crippen molar-refractivity contribution < 1.29 is 4.79 Å². The molecule has 0 aliphatic rings. The molecule has 1 amide bonds. The van der Waals surface area contributed by atoms with E-state index >= 15 is 0 Å². The standard InChI is InChI=1S/C16H19N3O/c1-3-12-7-5-6-8-14(12)19-15-10-9-13(11-17-15)18-16(20)4-2/h5-11H,3-4H2,1-2H3,(H,17,19)(H,18,20). The first-order valence-electron chi connectivity index (χ1n) is 6.83. The molecule has 0 saturated carbocycles. The molecule has 1 aromatic carbocycles. The minimum atomic E-state index is -0.0103. The van der Waals surface area contributed by atoms with Crippen molar-refractivity contribution in [1.82, 2.24) is 4.98 Å². The van der Waals surface area contributed by atoms with Crippen LogP contribution in [0.1, 0.15) is 25.8 Å². The van der Waals surface area contributed by atoms with E-state index in [1.807, 2.05) is 37.3 Å². The molecule has 4 nitrogen and oxygen atoms in total. The Balaban J connectivity index is 2.09. The lowest BCUT2D eigenvalue weighted by atomic mass is 10.1. The summed E-state index contributed by atoms with van der Waals surface area (Å²) in [5.74, 6) is 0.754. The van der Waals surface area contributed by atoms with Crippen LogP contribution in [-0.2, 0) is 11.2 Å². The van der Waals surface area contributed by atoms with Crippen LogP contribution < -0.4 is 10.6 Å². The molecule has 0 fully saturated rings. The third-order valence-corrected chi connectivity index (χ3v) is 3.03. The fraction of sp³-hybridized carbons (Fsp3) is 0.250. The normalized spacial score (nSPS) is 10.1. The maximum Gasteiger partial charge on any atom is 0.224 e. The van der Waals surface area contributed by atoms with Gasteiger partial charge in [0, 0.05) is 12.1 Å². The van der Waals surface area contributed by atoms with Gasteiger partial charge in [0.15, 0.2) is 0 Å². The van der Waals surface area contributed by atoms with Crippen LogP contribution in [0, 0.1) is 0 Å². The van der Waals surface area contributed by atoms with Crippen LogP contribution >= 0.6 is 0 Å². The number of pyridine rings is 1. The van der Waals surface area contributed by atoms with Crippen LogP contribution in [-0.4, -0.2) is 10.9 Å². The summed E-state index contributed by atoms with van der Waals surface area (Å²) >= 11 is 0. The number of benzene rings is 1. The summed E-state index contributed by atoms with van der Waals surface area (Å²) < 4.78 is 0. The monoisotopic (exact) mass is 269 g/mol. The maximum atomic E-state index is 11.3. The van der Waals surface area contributed by atoms with E-state index in [0.717, 1.165) is 17.9 Å². The van der Waals surface area contributed by atoms with Crippen LogP contribution in [0.25, 0.3) is 0 Å². The van der Waals surface area contributed by atoms with Crippen LogP contribution in [0.4, 0.5) is 17.2 Å². The number of nitrogens with zero attached hydrogens (tertiary/aromatic N) is 1. The van der Waals surface area contributed by atoms with Gasteiger partial charge in [0.05, 0.1) is 11.9 Å². The average molecular weight is 269 g/mol. The number of para-hydroxylation sites is 1. The summed E-state index contributed by atoms with van der Waals surface area (Å²) in [4.78, 5) is 15.6. The Morgan fingerprint density at radius 1 is 1.15 bits per heavy atom. The quantitative estimate of drug-likeness (QED) is 0.869. The highest BCUT2D eigenvalue weighted by atomic mass is 16.1. The minimum Gasteiger partial charge on any atom is -0.340 e. The van der Waals surface area contributed by atoms with Gasteiger partial charge in [-0.2, -0.15) is 0 Å². The highest BCUT2D eigenvalue weighted by Crippen LogP contribution is 2.20. The Morgan fingerprint density at radius 2 is 1.95 bits per heavy atom. The molecular weight excluding hydrogens is 250 g/mol. The predicted octanol–water partition coefficient (Wildman–Crippen LogP) is 3.74. The molecule has 0 aliphatic heterocycles. The van der Waals surface area contributed by atoms with Gasteiger partial charge in [0.1, 0.15) is 5.82 Å². The minimum absolute atomic E-state index is 0.0103. The van der Waals surface area contributed by atoms with E-state index in [4.69, 9.17) is 0 Å². The number of nitrogens with one attached hydrogen (secondary N) is 2. The number of aryl methyl sites for hydroxylation is 1. The zero-order valence-corrected chi connectivity index (χ0v) is 11.8. The zero-order chi connectivity index (χ0) is 14.4. The summed E-state index contributed by atoms with van der Waals surface area (Å²) in [7, 11) is 0. The smallest absolute Gasteiger partial charge is 0.224 e. The third-order valence-electron chi connectivity index (χ3n) is 3.03. The molecule has 0 radical (unpaired) electrons. The van der Waals surface area contributed by atoms with Gasteiger partial charge in [0.2, 0.25) is 5.91 Å². The molecule has 1 heterocycles. The molecular formula is C16H19N3O. The van der Waals surface area contributed by atoms with Gasteiger partial charge in [-0.05, 0) is 30.2 Å². The maximum absolute atomic E-state index is 11.3. The van der Waals surface area contributed by atoms with Crippen molar-refractivity contribution in [2.24, 2.45) is 0 Å². The summed E-state index contributed by atoms with van der Waals surface area (Å²) in [5.41, 5.74) is 3.02. The molecule has 0 bridgehead atoms. The van der Waals surface area contributed by atoms with E-state index in [1.54, 1.807) is 6.20 Å². The van der Waals surface area contributed by atoms with E-state index < -0.39 is 0 Å². The van der Waals surface area contributed by atoms with Gasteiger partial charge < -0.3 is 10.6 Å². The molecule has 104 valence electrons. The number of rotatable bonds is 5. The van der Waals surface area contributed by atoms with E-state index in [2.05, 4.69) is 28.6 Å². The lowest BCUT2D eigenvalue weighted by Crippen LogP contribution is -2.09. The molecule has 1 aromatic heterocycles. The first-order chi connectivity index (χ1) is 9.72. The third kappa shape index (κ3) is 3.57. The summed E-state index contributed by atoms with van der Waals surface area (Å²) in [5, 5.41) is 6.07. The summed E-state index contributed by atoms with van der Waals surface area (Å²) in [6.45, 7) is 3.94. The molecule has 2 N–H and O–H groups in total. The van der Waals surface area contributed by atoms with E-state index in [9.17, 15) is 4.79 Å². The molecule has 2 rings (SSSR count). The fourth-order valence-electron chi connectivity index (χ4n) is 1.88. The van der Waals surface area contributed by atoms with E-state index in [1.165, 1.54) is 5.56 Å². The van der Waals surface area contributed by atoms with Gasteiger partial charge in [-0.3, -0.25) is 4.79 Å². The molecule has 0 spiro atoms. The molecule has 4 heteroatoms. The topological polar surface area (TPSA) is 54.0 Å². The lowest BCUT2D eigenvalue weighted by Gasteiger charge is -2.10. The number of amides is 1. The highest BCUT2D eigenvalue weighted by Gasteiger charge is 2.02. The second-order valence-electron chi connectivity index (χ2n) is 4.47. The Labute approximate surface area is 119 Å². The molecule has 20 heavy (non-hydrogen) atoms. The Kier molecular flexibility index (Phi) is 4.71. The summed E-state index contributed by atoms with van der Waals surface area (Å²) in [6.07, 6.45) is 3.09. The van der Waals surface area contributed by atoms with Crippen molar-refractivity contribution in [3.63, 3.8) is 0 Å². The van der Waals surface area contributed by atoms with Crippen molar-refractivity contribution in [3.8, 4) is 0 Å². The largest absolute Gasteiger partial charge is 0.340 e.